The second-order valence-corrected chi connectivity index (χ2v) is 5.60. The largest absolute Gasteiger partial charge is 0.354 e. The zero-order valence-corrected chi connectivity index (χ0v) is 13.2. The van der Waals surface area contributed by atoms with Gasteiger partial charge in [-0.25, -0.2) is 4.98 Å². The number of hydrogen-bond acceptors (Lipinski definition) is 8. The lowest BCUT2D eigenvalue weighted by atomic mass is 10.3. The van der Waals surface area contributed by atoms with Crippen LogP contribution in [0.15, 0.2) is 16.8 Å². The third kappa shape index (κ3) is 3.33. The molecule has 0 saturated carbocycles. The Morgan fingerprint density at radius 3 is 2.59 bits per heavy atom. The zero-order valence-electron chi connectivity index (χ0n) is 13.2. The molecule has 118 valence electrons. The van der Waals surface area contributed by atoms with E-state index in [4.69, 9.17) is 4.52 Å². The first-order valence-electron chi connectivity index (χ1n) is 7.38. The summed E-state index contributed by atoms with van der Waals surface area (Å²) in [5.41, 5.74) is 0. The minimum atomic E-state index is 0.617. The van der Waals surface area contributed by atoms with E-state index in [2.05, 4.69) is 29.9 Å². The van der Waals surface area contributed by atoms with Gasteiger partial charge >= 0.3 is 0 Å². The van der Waals surface area contributed by atoms with Crippen LogP contribution in [0.4, 0.5) is 11.8 Å². The lowest BCUT2D eigenvalue weighted by Gasteiger charge is -2.34. The number of rotatable bonds is 4. The van der Waals surface area contributed by atoms with E-state index in [0.29, 0.717) is 5.89 Å². The summed E-state index contributed by atoms with van der Waals surface area (Å²) in [4.78, 5) is 19.6. The first-order chi connectivity index (χ1) is 10.6. The van der Waals surface area contributed by atoms with E-state index in [1.165, 1.54) is 0 Å². The van der Waals surface area contributed by atoms with Gasteiger partial charge in [0.25, 0.3) is 0 Å². The second-order valence-electron chi connectivity index (χ2n) is 5.60. The van der Waals surface area contributed by atoms with Crippen molar-refractivity contribution in [2.75, 3.05) is 50.1 Å². The van der Waals surface area contributed by atoms with Gasteiger partial charge in [0.2, 0.25) is 11.8 Å². The number of piperazine rings is 1. The maximum atomic E-state index is 5.01. The fraction of sp³-hybridized carbons (Fsp3) is 0.571. The molecule has 0 amide bonds. The van der Waals surface area contributed by atoms with Gasteiger partial charge in [-0.3, -0.25) is 4.90 Å². The summed E-state index contributed by atoms with van der Waals surface area (Å²) >= 11 is 0. The van der Waals surface area contributed by atoms with Crippen molar-refractivity contribution in [2.45, 2.75) is 13.5 Å². The minimum Gasteiger partial charge on any atom is -0.354 e. The molecule has 1 aliphatic heterocycles. The standard InChI is InChI=1S/C14H21N7O/c1-11-16-12(18-22-11)10-20-6-8-21(9-7-20)13-4-5-15-14(17-13)19(2)3/h4-5H,6-10H2,1-3H3. The SMILES string of the molecule is Cc1nc(CN2CCN(c3ccnc(N(C)C)n3)CC2)no1. The van der Waals surface area contributed by atoms with Crippen LogP contribution < -0.4 is 9.80 Å². The Labute approximate surface area is 129 Å². The van der Waals surface area contributed by atoms with Gasteiger partial charge in [0.05, 0.1) is 6.54 Å². The molecule has 0 N–H and O–H groups in total. The van der Waals surface area contributed by atoms with Crippen LogP contribution >= 0.6 is 0 Å². The van der Waals surface area contributed by atoms with E-state index in [9.17, 15) is 0 Å². The van der Waals surface area contributed by atoms with Crippen LogP contribution in [-0.2, 0) is 6.54 Å². The van der Waals surface area contributed by atoms with Crippen LogP contribution in [0.3, 0.4) is 0 Å². The topological polar surface area (TPSA) is 74.4 Å². The summed E-state index contributed by atoms with van der Waals surface area (Å²) in [6.45, 7) is 6.31. The van der Waals surface area contributed by atoms with Crippen LogP contribution in [0.1, 0.15) is 11.7 Å². The maximum Gasteiger partial charge on any atom is 0.226 e. The molecular formula is C14H21N7O. The summed E-state index contributed by atoms with van der Waals surface area (Å²) in [5, 5.41) is 3.95. The fourth-order valence-electron chi connectivity index (χ4n) is 2.47. The van der Waals surface area contributed by atoms with Crippen molar-refractivity contribution in [2.24, 2.45) is 0 Å². The van der Waals surface area contributed by atoms with Crippen molar-refractivity contribution in [3.63, 3.8) is 0 Å². The summed E-state index contributed by atoms with van der Waals surface area (Å²) in [7, 11) is 3.90. The highest BCUT2D eigenvalue weighted by Crippen LogP contribution is 2.16. The van der Waals surface area contributed by atoms with E-state index in [1.54, 1.807) is 0 Å². The number of anilines is 2. The van der Waals surface area contributed by atoms with Gasteiger partial charge in [0.15, 0.2) is 5.82 Å². The molecule has 8 nitrogen and oxygen atoms in total. The Morgan fingerprint density at radius 2 is 1.95 bits per heavy atom. The average molecular weight is 303 g/mol. The Bertz CT molecular complexity index is 619. The van der Waals surface area contributed by atoms with Crippen LogP contribution in [0.25, 0.3) is 0 Å². The van der Waals surface area contributed by atoms with Gasteiger partial charge in [-0.15, -0.1) is 0 Å². The van der Waals surface area contributed by atoms with Crippen molar-refractivity contribution in [3.8, 4) is 0 Å². The van der Waals surface area contributed by atoms with E-state index >= 15 is 0 Å². The molecular weight excluding hydrogens is 282 g/mol. The van der Waals surface area contributed by atoms with Crippen LogP contribution in [0.2, 0.25) is 0 Å². The number of aromatic nitrogens is 4. The number of hydrogen-bond donors (Lipinski definition) is 0. The quantitative estimate of drug-likeness (QED) is 0.811. The first-order valence-corrected chi connectivity index (χ1v) is 7.38. The lowest BCUT2D eigenvalue weighted by molar-refractivity contribution is 0.239. The molecule has 0 radical (unpaired) electrons. The molecule has 2 aromatic heterocycles. The molecule has 0 aromatic carbocycles. The summed E-state index contributed by atoms with van der Waals surface area (Å²) in [6, 6.07) is 1.96. The average Bonchev–Trinajstić information content (AvgIpc) is 2.93. The van der Waals surface area contributed by atoms with E-state index in [0.717, 1.165) is 50.3 Å². The molecule has 0 bridgehead atoms. The molecule has 8 heteroatoms. The van der Waals surface area contributed by atoms with E-state index < -0.39 is 0 Å². The van der Waals surface area contributed by atoms with Gasteiger partial charge in [-0.1, -0.05) is 5.16 Å². The Hall–Kier alpha value is -2.22. The summed E-state index contributed by atoms with van der Waals surface area (Å²) in [6.07, 6.45) is 1.81. The molecule has 2 aromatic rings. The van der Waals surface area contributed by atoms with Crippen LogP contribution in [-0.4, -0.2) is 65.3 Å². The molecule has 0 spiro atoms. The van der Waals surface area contributed by atoms with Crippen LogP contribution in [0.5, 0.6) is 0 Å². The highest BCUT2D eigenvalue weighted by atomic mass is 16.5. The second kappa shape index (κ2) is 6.27. The molecule has 0 unspecified atom stereocenters. The number of nitrogens with zero attached hydrogens (tertiary/aromatic N) is 7. The van der Waals surface area contributed by atoms with Crippen molar-refractivity contribution >= 4 is 11.8 Å². The van der Waals surface area contributed by atoms with Gasteiger partial charge in [0.1, 0.15) is 5.82 Å². The van der Waals surface area contributed by atoms with Crippen molar-refractivity contribution in [1.82, 2.24) is 25.0 Å². The van der Waals surface area contributed by atoms with Gasteiger partial charge in [-0.05, 0) is 6.07 Å². The van der Waals surface area contributed by atoms with Crippen molar-refractivity contribution in [1.29, 1.82) is 0 Å². The van der Waals surface area contributed by atoms with Crippen LogP contribution in [0, 0.1) is 6.92 Å². The Balaban J connectivity index is 1.58. The van der Waals surface area contributed by atoms with E-state index in [-0.39, 0.29) is 0 Å². The number of aryl methyl sites for hydroxylation is 1. The normalized spacial score (nSPS) is 16.0. The Kier molecular flexibility index (Phi) is 4.19. The van der Waals surface area contributed by atoms with E-state index in [1.807, 2.05) is 38.2 Å². The van der Waals surface area contributed by atoms with Gasteiger partial charge < -0.3 is 14.3 Å². The lowest BCUT2D eigenvalue weighted by Crippen LogP contribution is -2.46. The predicted molar refractivity (Wildman–Crippen MR) is 82.9 cm³/mol. The van der Waals surface area contributed by atoms with Gasteiger partial charge in [-0.2, -0.15) is 9.97 Å². The molecule has 3 rings (SSSR count). The molecule has 22 heavy (non-hydrogen) atoms. The fourth-order valence-corrected chi connectivity index (χ4v) is 2.47. The predicted octanol–water partition coefficient (Wildman–Crippen LogP) is 0.556. The molecule has 1 fully saturated rings. The molecule has 1 aliphatic rings. The molecule has 0 atom stereocenters. The summed E-state index contributed by atoms with van der Waals surface area (Å²) in [5.74, 6) is 3.09. The third-order valence-electron chi connectivity index (χ3n) is 3.66. The molecule has 0 aliphatic carbocycles. The molecule has 3 heterocycles. The molecule has 1 saturated heterocycles. The smallest absolute Gasteiger partial charge is 0.226 e. The highest BCUT2D eigenvalue weighted by molar-refractivity contribution is 5.43. The third-order valence-corrected chi connectivity index (χ3v) is 3.66. The minimum absolute atomic E-state index is 0.617. The zero-order chi connectivity index (χ0) is 15.5. The Morgan fingerprint density at radius 1 is 1.18 bits per heavy atom. The van der Waals surface area contributed by atoms with Crippen molar-refractivity contribution in [3.05, 3.63) is 24.0 Å². The highest BCUT2D eigenvalue weighted by Gasteiger charge is 2.20. The maximum absolute atomic E-state index is 5.01. The van der Waals surface area contributed by atoms with Gasteiger partial charge in [0, 0.05) is 53.4 Å². The summed E-state index contributed by atoms with van der Waals surface area (Å²) < 4.78 is 5.01. The monoisotopic (exact) mass is 303 g/mol. The first kappa shape index (κ1) is 14.7. The van der Waals surface area contributed by atoms with Crippen molar-refractivity contribution < 1.29 is 4.52 Å².